The molecule has 1 aromatic carbocycles. The molecule has 15 heavy (non-hydrogen) atoms. The van der Waals surface area contributed by atoms with Crippen LogP contribution in [0.1, 0.15) is 12.7 Å². The molecule has 0 radical (unpaired) electrons. The number of benzene rings is 1. The molecule has 2 aromatic rings. The van der Waals surface area contributed by atoms with Crippen molar-refractivity contribution < 1.29 is 4.39 Å². The number of nitrogens with one attached hydrogen (secondary N) is 1. The SMILES string of the molecule is CCc1nc(-c2cccc(Cl)c2F)n[nH]1. The monoisotopic (exact) mass is 225 g/mol. The Labute approximate surface area is 91.3 Å². The molecule has 0 saturated carbocycles. The molecule has 0 spiro atoms. The molecule has 0 aliphatic carbocycles. The van der Waals surface area contributed by atoms with Crippen LogP contribution in [0.3, 0.4) is 0 Å². The molecule has 3 nitrogen and oxygen atoms in total. The molecule has 0 saturated heterocycles. The molecule has 0 unspecified atom stereocenters. The van der Waals surface area contributed by atoms with Crippen LogP contribution in [0.4, 0.5) is 4.39 Å². The van der Waals surface area contributed by atoms with Gasteiger partial charge in [-0.1, -0.05) is 24.6 Å². The van der Waals surface area contributed by atoms with Gasteiger partial charge >= 0.3 is 0 Å². The van der Waals surface area contributed by atoms with E-state index in [0.29, 0.717) is 11.4 Å². The van der Waals surface area contributed by atoms with Gasteiger partial charge in [-0.05, 0) is 12.1 Å². The maximum absolute atomic E-state index is 13.6. The van der Waals surface area contributed by atoms with E-state index in [2.05, 4.69) is 15.2 Å². The standard InChI is InChI=1S/C10H9ClFN3/c1-2-8-13-10(15-14-8)6-4-3-5-7(11)9(6)12/h3-5H,2H2,1H3,(H,13,14,15). The van der Waals surface area contributed by atoms with E-state index < -0.39 is 5.82 Å². The normalized spacial score (nSPS) is 10.6. The van der Waals surface area contributed by atoms with Gasteiger partial charge in [0.05, 0.1) is 10.6 Å². The van der Waals surface area contributed by atoms with Gasteiger partial charge in [-0.25, -0.2) is 9.37 Å². The second-order valence-corrected chi connectivity index (χ2v) is 3.47. The molecule has 1 N–H and O–H groups in total. The van der Waals surface area contributed by atoms with E-state index in [1.54, 1.807) is 12.1 Å². The van der Waals surface area contributed by atoms with E-state index >= 15 is 0 Å². The predicted octanol–water partition coefficient (Wildman–Crippen LogP) is 2.83. The minimum absolute atomic E-state index is 0.0790. The maximum Gasteiger partial charge on any atom is 0.184 e. The lowest BCUT2D eigenvalue weighted by Gasteiger charge is -1.98. The first-order valence-electron chi connectivity index (χ1n) is 4.58. The van der Waals surface area contributed by atoms with Crippen LogP contribution in [0.2, 0.25) is 5.02 Å². The van der Waals surface area contributed by atoms with Crippen LogP contribution in [0.15, 0.2) is 18.2 Å². The average molecular weight is 226 g/mol. The lowest BCUT2D eigenvalue weighted by atomic mass is 10.2. The van der Waals surface area contributed by atoms with Crippen LogP contribution >= 0.6 is 11.6 Å². The number of halogens is 2. The maximum atomic E-state index is 13.6. The number of aryl methyl sites for hydroxylation is 1. The van der Waals surface area contributed by atoms with Crippen LogP contribution in [0, 0.1) is 5.82 Å². The van der Waals surface area contributed by atoms with Gasteiger partial charge in [0.2, 0.25) is 0 Å². The van der Waals surface area contributed by atoms with Crippen LogP contribution < -0.4 is 0 Å². The first-order chi connectivity index (χ1) is 7.22. The molecule has 1 aromatic heterocycles. The summed E-state index contributed by atoms with van der Waals surface area (Å²) in [6.45, 7) is 1.94. The number of nitrogens with zero attached hydrogens (tertiary/aromatic N) is 2. The summed E-state index contributed by atoms with van der Waals surface area (Å²) in [6, 6.07) is 4.76. The van der Waals surface area contributed by atoms with E-state index in [4.69, 9.17) is 11.6 Å². The summed E-state index contributed by atoms with van der Waals surface area (Å²) >= 11 is 5.66. The number of hydrogen-bond donors (Lipinski definition) is 1. The molecule has 0 bridgehead atoms. The van der Waals surface area contributed by atoms with Crippen molar-refractivity contribution in [2.45, 2.75) is 13.3 Å². The highest BCUT2D eigenvalue weighted by molar-refractivity contribution is 6.31. The highest BCUT2D eigenvalue weighted by atomic mass is 35.5. The minimum atomic E-state index is -0.485. The van der Waals surface area contributed by atoms with Crippen molar-refractivity contribution in [3.63, 3.8) is 0 Å². The Kier molecular flexibility index (Phi) is 2.68. The Morgan fingerprint density at radius 2 is 2.27 bits per heavy atom. The van der Waals surface area contributed by atoms with Gasteiger partial charge in [0.1, 0.15) is 5.82 Å². The second kappa shape index (κ2) is 3.98. The van der Waals surface area contributed by atoms with Gasteiger partial charge in [0.15, 0.2) is 11.6 Å². The minimum Gasteiger partial charge on any atom is -0.263 e. The van der Waals surface area contributed by atoms with Crippen molar-refractivity contribution in [2.75, 3.05) is 0 Å². The zero-order valence-corrected chi connectivity index (χ0v) is 8.85. The van der Waals surface area contributed by atoms with Crippen LogP contribution in [-0.4, -0.2) is 15.2 Å². The van der Waals surface area contributed by atoms with E-state index in [1.165, 1.54) is 6.07 Å². The topological polar surface area (TPSA) is 41.6 Å². The fraction of sp³-hybridized carbons (Fsp3) is 0.200. The number of H-pyrrole nitrogens is 1. The van der Waals surface area contributed by atoms with Crippen molar-refractivity contribution in [1.82, 2.24) is 15.2 Å². The van der Waals surface area contributed by atoms with E-state index in [0.717, 1.165) is 12.2 Å². The molecule has 0 fully saturated rings. The largest absolute Gasteiger partial charge is 0.263 e. The van der Waals surface area contributed by atoms with E-state index in [-0.39, 0.29) is 5.02 Å². The molecule has 0 atom stereocenters. The van der Waals surface area contributed by atoms with Crippen molar-refractivity contribution in [2.24, 2.45) is 0 Å². The summed E-state index contributed by atoms with van der Waals surface area (Å²) in [5, 5.41) is 6.73. The first-order valence-corrected chi connectivity index (χ1v) is 4.96. The van der Waals surface area contributed by atoms with Gasteiger partial charge in [-0.3, -0.25) is 5.10 Å². The molecular weight excluding hydrogens is 217 g/mol. The zero-order chi connectivity index (χ0) is 10.8. The Balaban J connectivity index is 2.49. The van der Waals surface area contributed by atoms with Gasteiger partial charge in [-0.15, -0.1) is 0 Å². The second-order valence-electron chi connectivity index (χ2n) is 3.06. The molecular formula is C10H9ClFN3. The first kappa shape index (κ1) is 10.1. The Hall–Kier alpha value is -1.42. The predicted molar refractivity (Wildman–Crippen MR) is 56.2 cm³/mol. The number of aromatic nitrogens is 3. The van der Waals surface area contributed by atoms with Crippen molar-refractivity contribution in [3.8, 4) is 11.4 Å². The lowest BCUT2D eigenvalue weighted by molar-refractivity contribution is 0.630. The lowest BCUT2D eigenvalue weighted by Crippen LogP contribution is -1.87. The Morgan fingerprint density at radius 1 is 1.47 bits per heavy atom. The molecule has 2 rings (SSSR count). The highest BCUT2D eigenvalue weighted by Gasteiger charge is 2.12. The fourth-order valence-electron chi connectivity index (χ4n) is 1.25. The van der Waals surface area contributed by atoms with Crippen molar-refractivity contribution >= 4 is 11.6 Å². The number of rotatable bonds is 2. The third-order valence-electron chi connectivity index (χ3n) is 2.06. The van der Waals surface area contributed by atoms with Crippen LogP contribution in [0.5, 0.6) is 0 Å². The molecule has 5 heteroatoms. The Morgan fingerprint density at radius 3 is 2.93 bits per heavy atom. The van der Waals surface area contributed by atoms with Gasteiger partial charge in [0.25, 0.3) is 0 Å². The smallest absolute Gasteiger partial charge is 0.184 e. The summed E-state index contributed by atoms with van der Waals surface area (Å²) in [7, 11) is 0. The molecule has 0 aliphatic rings. The Bertz CT molecular complexity index is 481. The van der Waals surface area contributed by atoms with E-state index in [1.807, 2.05) is 6.92 Å². The van der Waals surface area contributed by atoms with Crippen LogP contribution in [0.25, 0.3) is 11.4 Å². The summed E-state index contributed by atoms with van der Waals surface area (Å²) < 4.78 is 13.6. The summed E-state index contributed by atoms with van der Waals surface area (Å²) in [4.78, 5) is 4.14. The summed E-state index contributed by atoms with van der Waals surface area (Å²) in [5.41, 5.74) is 0.318. The molecule has 0 amide bonds. The van der Waals surface area contributed by atoms with Gasteiger partial charge in [0, 0.05) is 6.42 Å². The average Bonchev–Trinajstić information content (AvgIpc) is 2.70. The fourth-order valence-corrected chi connectivity index (χ4v) is 1.42. The summed E-state index contributed by atoms with van der Waals surface area (Å²) in [6.07, 6.45) is 0.731. The van der Waals surface area contributed by atoms with E-state index in [9.17, 15) is 4.39 Å². The van der Waals surface area contributed by atoms with Gasteiger partial charge < -0.3 is 0 Å². The van der Waals surface area contributed by atoms with Gasteiger partial charge in [-0.2, -0.15) is 5.10 Å². The third kappa shape index (κ3) is 1.85. The molecule has 1 heterocycles. The molecule has 0 aliphatic heterocycles. The summed E-state index contributed by atoms with van der Waals surface area (Å²) in [5.74, 6) is 0.581. The van der Waals surface area contributed by atoms with Crippen molar-refractivity contribution in [1.29, 1.82) is 0 Å². The number of aromatic amines is 1. The zero-order valence-electron chi connectivity index (χ0n) is 8.09. The highest BCUT2D eigenvalue weighted by Crippen LogP contribution is 2.24. The quantitative estimate of drug-likeness (QED) is 0.854. The van der Waals surface area contributed by atoms with Crippen LogP contribution in [-0.2, 0) is 6.42 Å². The number of hydrogen-bond acceptors (Lipinski definition) is 2. The van der Waals surface area contributed by atoms with Crippen molar-refractivity contribution in [3.05, 3.63) is 34.9 Å². The third-order valence-corrected chi connectivity index (χ3v) is 2.35. The molecule has 78 valence electrons.